The van der Waals surface area contributed by atoms with Gasteiger partial charge in [-0.25, -0.2) is 0 Å². The Balaban J connectivity index is 1.97. The lowest BCUT2D eigenvalue weighted by molar-refractivity contribution is 0.103. The Morgan fingerprint density at radius 3 is 2.70 bits per heavy atom. The van der Waals surface area contributed by atoms with E-state index in [-0.39, 0.29) is 17.1 Å². The number of nitrogens with zero attached hydrogens (tertiary/aromatic N) is 1. The highest BCUT2D eigenvalue weighted by molar-refractivity contribution is 7.07. The van der Waals surface area contributed by atoms with Gasteiger partial charge in [0, 0.05) is 6.08 Å². The van der Waals surface area contributed by atoms with Gasteiger partial charge in [-0.15, -0.1) is 11.3 Å². The summed E-state index contributed by atoms with van der Waals surface area (Å²) in [4.78, 5) is 26.5. The quantitative estimate of drug-likeness (QED) is 0.738. The molecule has 0 radical (unpaired) electrons. The number of carbonyl (C=O) groups is 1. The van der Waals surface area contributed by atoms with Gasteiger partial charge in [0.1, 0.15) is 0 Å². The lowest BCUT2D eigenvalue weighted by Crippen LogP contribution is -2.19. The van der Waals surface area contributed by atoms with Gasteiger partial charge in [-0.1, -0.05) is 12.1 Å². The average molecular weight is 322 g/mol. The van der Waals surface area contributed by atoms with E-state index in [2.05, 4.69) is 4.98 Å². The van der Waals surface area contributed by atoms with E-state index in [1.165, 1.54) is 23.7 Å². The number of ketones is 1. The molecule has 6 heteroatoms. The molecule has 0 spiro atoms. The molecule has 2 heterocycles. The third kappa shape index (κ3) is 3.36. The van der Waals surface area contributed by atoms with E-state index < -0.39 is 0 Å². The molecule has 1 aromatic carbocycles. The molecule has 0 aliphatic carbocycles. The minimum Gasteiger partial charge on any atom is -0.461 e. The lowest BCUT2D eigenvalue weighted by Gasteiger charge is -1.91. The first kappa shape index (κ1) is 14.8. The number of aromatic nitrogens is 1. The Hall–Kier alpha value is -3.17. The fourth-order valence-corrected chi connectivity index (χ4v) is 2.82. The number of nitriles is 1. The summed E-state index contributed by atoms with van der Waals surface area (Å²) in [5.41, 5.74) is 1.10. The van der Waals surface area contributed by atoms with E-state index >= 15 is 0 Å². The Kier molecular flexibility index (Phi) is 4.04. The fourth-order valence-electron chi connectivity index (χ4n) is 1.94. The number of rotatable bonds is 3. The summed E-state index contributed by atoms with van der Waals surface area (Å²) in [6.07, 6.45) is 4.46. The number of H-pyrrole nitrogens is 1. The molecule has 0 saturated heterocycles. The van der Waals surface area contributed by atoms with Crippen LogP contribution >= 0.6 is 11.3 Å². The lowest BCUT2D eigenvalue weighted by atomic mass is 10.1. The summed E-state index contributed by atoms with van der Waals surface area (Å²) in [5, 5.41) is 8.77. The summed E-state index contributed by atoms with van der Waals surface area (Å²) >= 11 is 1.18. The molecule has 0 saturated carbocycles. The largest absolute Gasteiger partial charge is 0.461 e. The number of furan rings is 1. The maximum atomic E-state index is 12.0. The van der Waals surface area contributed by atoms with Crippen LogP contribution in [-0.2, 0) is 0 Å². The Morgan fingerprint density at radius 2 is 2.04 bits per heavy atom. The van der Waals surface area contributed by atoms with Gasteiger partial charge in [-0.05, 0) is 35.9 Å². The van der Waals surface area contributed by atoms with Crippen molar-refractivity contribution in [1.29, 1.82) is 5.26 Å². The molecule has 0 atom stereocenters. The van der Waals surface area contributed by atoms with Gasteiger partial charge in [0.25, 0.3) is 5.56 Å². The van der Waals surface area contributed by atoms with Gasteiger partial charge < -0.3 is 9.40 Å². The van der Waals surface area contributed by atoms with Gasteiger partial charge in [-0.2, -0.15) is 5.26 Å². The van der Waals surface area contributed by atoms with Crippen molar-refractivity contribution in [1.82, 2.24) is 4.98 Å². The molecule has 0 aliphatic rings. The van der Waals surface area contributed by atoms with Crippen LogP contribution in [0.5, 0.6) is 0 Å². The zero-order valence-corrected chi connectivity index (χ0v) is 12.6. The van der Waals surface area contributed by atoms with Crippen LogP contribution < -0.4 is 14.8 Å². The monoisotopic (exact) mass is 322 g/mol. The standard InChI is InChI=1S/C17H10N2O3S/c18-10-12-5-3-11(4-6-12)8-15-17(21)19-16(23-15)9-13(20)14-2-1-7-22-14/h1-9H,(H,19,21)/b15-8-,16-9-. The van der Waals surface area contributed by atoms with E-state index in [9.17, 15) is 9.59 Å². The van der Waals surface area contributed by atoms with E-state index in [0.29, 0.717) is 14.8 Å². The van der Waals surface area contributed by atoms with Gasteiger partial charge in [0.05, 0.1) is 27.1 Å². The average Bonchev–Trinajstić information content (AvgIpc) is 3.19. The van der Waals surface area contributed by atoms with Crippen molar-refractivity contribution in [3.63, 3.8) is 0 Å². The topological polar surface area (TPSA) is 86.9 Å². The first-order valence-corrected chi connectivity index (χ1v) is 7.48. The molecule has 5 nitrogen and oxygen atoms in total. The third-order valence-electron chi connectivity index (χ3n) is 3.04. The molecular weight excluding hydrogens is 312 g/mol. The second kappa shape index (κ2) is 6.30. The van der Waals surface area contributed by atoms with Gasteiger partial charge >= 0.3 is 0 Å². The number of aromatic amines is 1. The minimum absolute atomic E-state index is 0.219. The van der Waals surface area contributed by atoms with Crippen LogP contribution in [0.3, 0.4) is 0 Å². The Bertz CT molecular complexity index is 1050. The Morgan fingerprint density at radius 1 is 1.26 bits per heavy atom. The van der Waals surface area contributed by atoms with Crippen LogP contribution in [0, 0.1) is 11.3 Å². The molecule has 0 aliphatic heterocycles. The zero-order valence-electron chi connectivity index (χ0n) is 11.8. The van der Waals surface area contributed by atoms with Crippen molar-refractivity contribution in [3.05, 3.63) is 79.1 Å². The summed E-state index contributed by atoms with van der Waals surface area (Å²) in [6.45, 7) is 0. The highest BCUT2D eigenvalue weighted by Gasteiger charge is 2.05. The molecule has 0 amide bonds. The number of carbonyl (C=O) groups excluding carboxylic acids is 1. The van der Waals surface area contributed by atoms with Gasteiger partial charge in [0.15, 0.2) is 5.76 Å². The number of hydrogen-bond donors (Lipinski definition) is 1. The van der Waals surface area contributed by atoms with E-state index in [4.69, 9.17) is 9.68 Å². The fraction of sp³-hybridized carbons (Fsp3) is 0. The number of Topliss-reactive ketones (excluding diaryl/α,β-unsaturated/α-hetero) is 1. The second-order valence-corrected chi connectivity index (χ2v) is 5.73. The van der Waals surface area contributed by atoms with Crippen LogP contribution in [0.25, 0.3) is 12.2 Å². The van der Waals surface area contributed by atoms with Crippen LogP contribution in [0.2, 0.25) is 0 Å². The molecule has 1 N–H and O–H groups in total. The summed E-state index contributed by atoms with van der Waals surface area (Å²) in [5.74, 6) is -0.0886. The van der Waals surface area contributed by atoms with Crippen molar-refractivity contribution in [3.8, 4) is 6.07 Å². The smallest absolute Gasteiger partial charge is 0.266 e. The highest BCUT2D eigenvalue weighted by atomic mass is 32.1. The van der Waals surface area contributed by atoms with E-state index in [1.807, 2.05) is 6.07 Å². The molecule has 0 fully saturated rings. The molecule has 0 unspecified atom stereocenters. The van der Waals surface area contributed by atoms with Crippen molar-refractivity contribution in [2.24, 2.45) is 0 Å². The SMILES string of the molecule is N#Cc1ccc(/C=c2\s/c(=C\C(=O)c3ccco3)[nH]c2=O)cc1. The normalized spacial score (nSPS) is 12.3. The van der Waals surface area contributed by atoms with Crippen molar-refractivity contribution in [2.75, 3.05) is 0 Å². The van der Waals surface area contributed by atoms with Gasteiger partial charge in [-0.3, -0.25) is 9.59 Å². The number of benzene rings is 1. The molecule has 112 valence electrons. The summed E-state index contributed by atoms with van der Waals surface area (Å²) < 4.78 is 5.95. The van der Waals surface area contributed by atoms with Crippen molar-refractivity contribution >= 4 is 29.3 Å². The summed E-state index contributed by atoms with van der Waals surface area (Å²) in [6, 6.07) is 12.1. The first-order valence-electron chi connectivity index (χ1n) is 6.66. The molecule has 0 bridgehead atoms. The molecule has 3 aromatic rings. The van der Waals surface area contributed by atoms with Crippen LogP contribution in [0.1, 0.15) is 21.7 Å². The molecular formula is C17H10N2O3S. The van der Waals surface area contributed by atoms with Crippen LogP contribution in [-0.4, -0.2) is 10.8 Å². The molecule has 3 rings (SSSR count). The number of hydrogen-bond acceptors (Lipinski definition) is 5. The maximum absolute atomic E-state index is 12.0. The number of thiazole rings is 1. The van der Waals surface area contributed by atoms with E-state index in [0.717, 1.165) is 5.56 Å². The van der Waals surface area contributed by atoms with Gasteiger partial charge in [0.2, 0.25) is 5.78 Å². The molecule has 2 aromatic heterocycles. The predicted molar refractivity (Wildman–Crippen MR) is 86.4 cm³/mol. The van der Waals surface area contributed by atoms with Crippen molar-refractivity contribution < 1.29 is 9.21 Å². The maximum Gasteiger partial charge on any atom is 0.266 e. The van der Waals surface area contributed by atoms with E-state index in [1.54, 1.807) is 42.5 Å². The second-order valence-electron chi connectivity index (χ2n) is 4.65. The third-order valence-corrected chi connectivity index (χ3v) is 4.01. The predicted octanol–water partition coefficient (Wildman–Crippen LogP) is 1.39. The first-order chi connectivity index (χ1) is 11.2. The Labute approximate surface area is 134 Å². The zero-order chi connectivity index (χ0) is 16.2. The minimum atomic E-state index is -0.308. The molecule has 23 heavy (non-hydrogen) atoms. The number of nitrogens with one attached hydrogen (secondary N) is 1. The van der Waals surface area contributed by atoms with Crippen LogP contribution in [0.4, 0.5) is 0 Å². The summed E-state index contributed by atoms with van der Waals surface area (Å²) in [7, 11) is 0. The van der Waals surface area contributed by atoms with Crippen molar-refractivity contribution in [2.45, 2.75) is 0 Å². The van der Waals surface area contributed by atoms with Crippen LogP contribution in [0.15, 0.2) is 51.9 Å². The highest BCUT2D eigenvalue weighted by Crippen LogP contribution is 2.04.